The SMILES string of the molecule is O=C(O)N1CC[C@H](Nc2cccc3ncc(Cl)cc23)C1. The number of hydrogen-bond donors (Lipinski definition) is 2. The second-order valence-corrected chi connectivity index (χ2v) is 5.32. The van der Waals surface area contributed by atoms with Crippen LogP contribution in [0, 0.1) is 0 Å². The van der Waals surface area contributed by atoms with Gasteiger partial charge in [-0.05, 0) is 24.6 Å². The Morgan fingerprint density at radius 2 is 2.35 bits per heavy atom. The van der Waals surface area contributed by atoms with Gasteiger partial charge < -0.3 is 15.3 Å². The lowest BCUT2D eigenvalue weighted by molar-refractivity contribution is 0.155. The second-order valence-electron chi connectivity index (χ2n) is 4.88. The van der Waals surface area contributed by atoms with Crippen LogP contribution in [0.5, 0.6) is 0 Å². The molecule has 20 heavy (non-hydrogen) atoms. The van der Waals surface area contributed by atoms with Crippen LogP contribution in [0.4, 0.5) is 10.5 Å². The summed E-state index contributed by atoms with van der Waals surface area (Å²) in [4.78, 5) is 16.6. The standard InChI is InChI=1S/C14H14ClN3O2/c15-9-6-11-12(16-7-9)2-1-3-13(11)17-10-4-5-18(8-10)14(19)20/h1-3,6-7,10,17H,4-5,8H2,(H,19,20)/t10-/m0/s1. The number of amides is 1. The third kappa shape index (κ3) is 2.49. The molecule has 0 spiro atoms. The second kappa shape index (κ2) is 5.17. The van der Waals surface area contributed by atoms with E-state index in [1.807, 2.05) is 24.3 Å². The first kappa shape index (κ1) is 13.0. The lowest BCUT2D eigenvalue weighted by atomic mass is 10.1. The van der Waals surface area contributed by atoms with Crippen molar-refractivity contribution < 1.29 is 9.90 Å². The number of halogens is 1. The first-order valence-electron chi connectivity index (χ1n) is 6.42. The molecule has 1 aliphatic heterocycles. The van der Waals surface area contributed by atoms with Crippen LogP contribution < -0.4 is 5.32 Å². The van der Waals surface area contributed by atoms with E-state index < -0.39 is 6.09 Å². The number of fused-ring (bicyclic) bond motifs is 1. The minimum absolute atomic E-state index is 0.121. The van der Waals surface area contributed by atoms with Crippen molar-refractivity contribution in [2.75, 3.05) is 18.4 Å². The van der Waals surface area contributed by atoms with Gasteiger partial charge in [-0.25, -0.2) is 4.79 Å². The zero-order valence-corrected chi connectivity index (χ0v) is 11.5. The van der Waals surface area contributed by atoms with Crippen LogP contribution in [-0.2, 0) is 0 Å². The van der Waals surface area contributed by atoms with Crippen molar-refractivity contribution in [3.8, 4) is 0 Å². The van der Waals surface area contributed by atoms with Crippen molar-refractivity contribution in [1.82, 2.24) is 9.88 Å². The summed E-state index contributed by atoms with van der Waals surface area (Å²) in [6.07, 6.45) is 1.56. The summed E-state index contributed by atoms with van der Waals surface area (Å²) in [6, 6.07) is 7.81. The number of carbonyl (C=O) groups is 1. The highest BCUT2D eigenvalue weighted by Gasteiger charge is 2.25. The van der Waals surface area contributed by atoms with Gasteiger partial charge in [0, 0.05) is 36.4 Å². The highest BCUT2D eigenvalue weighted by molar-refractivity contribution is 6.31. The molecule has 0 unspecified atom stereocenters. The van der Waals surface area contributed by atoms with Crippen molar-refractivity contribution in [2.45, 2.75) is 12.5 Å². The predicted molar refractivity (Wildman–Crippen MR) is 78.4 cm³/mol. The van der Waals surface area contributed by atoms with E-state index in [1.54, 1.807) is 6.20 Å². The number of hydrogen-bond acceptors (Lipinski definition) is 3. The van der Waals surface area contributed by atoms with E-state index in [0.29, 0.717) is 18.1 Å². The Morgan fingerprint density at radius 1 is 1.50 bits per heavy atom. The molecule has 1 amide bonds. The Kier molecular flexibility index (Phi) is 3.36. The van der Waals surface area contributed by atoms with Gasteiger partial charge in [-0.3, -0.25) is 4.98 Å². The molecule has 0 bridgehead atoms. The Morgan fingerprint density at radius 3 is 3.10 bits per heavy atom. The number of likely N-dealkylation sites (tertiary alicyclic amines) is 1. The van der Waals surface area contributed by atoms with E-state index in [9.17, 15) is 4.79 Å². The van der Waals surface area contributed by atoms with Crippen molar-refractivity contribution in [3.63, 3.8) is 0 Å². The van der Waals surface area contributed by atoms with E-state index in [2.05, 4.69) is 10.3 Å². The van der Waals surface area contributed by atoms with Gasteiger partial charge in [-0.2, -0.15) is 0 Å². The molecule has 1 saturated heterocycles. The van der Waals surface area contributed by atoms with Gasteiger partial charge in [0.15, 0.2) is 0 Å². The summed E-state index contributed by atoms with van der Waals surface area (Å²) < 4.78 is 0. The lowest BCUT2D eigenvalue weighted by Crippen LogP contribution is -2.30. The van der Waals surface area contributed by atoms with E-state index >= 15 is 0 Å². The van der Waals surface area contributed by atoms with Crippen LogP contribution in [0.3, 0.4) is 0 Å². The minimum Gasteiger partial charge on any atom is -0.465 e. The van der Waals surface area contributed by atoms with Crippen LogP contribution in [0.1, 0.15) is 6.42 Å². The maximum absolute atomic E-state index is 10.9. The van der Waals surface area contributed by atoms with Crippen molar-refractivity contribution >= 4 is 34.3 Å². The summed E-state index contributed by atoms with van der Waals surface area (Å²) in [6.45, 7) is 1.07. The molecule has 0 radical (unpaired) electrons. The first-order valence-corrected chi connectivity index (χ1v) is 6.80. The molecular formula is C14H14ClN3O2. The van der Waals surface area contributed by atoms with Gasteiger partial charge in [0.25, 0.3) is 0 Å². The fraction of sp³-hybridized carbons (Fsp3) is 0.286. The third-order valence-corrected chi connectivity index (χ3v) is 3.72. The molecule has 1 aliphatic rings. The largest absolute Gasteiger partial charge is 0.465 e. The normalized spacial score (nSPS) is 18.4. The van der Waals surface area contributed by atoms with Gasteiger partial charge in [0.1, 0.15) is 0 Å². The smallest absolute Gasteiger partial charge is 0.407 e. The van der Waals surface area contributed by atoms with Crippen LogP contribution in [0.15, 0.2) is 30.5 Å². The van der Waals surface area contributed by atoms with Gasteiger partial charge in [0.2, 0.25) is 0 Å². The monoisotopic (exact) mass is 291 g/mol. The number of pyridine rings is 1. The van der Waals surface area contributed by atoms with E-state index in [4.69, 9.17) is 16.7 Å². The Bertz CT molecular complexity index is 662. The number of carboxylic acid groups (broad SMARTS) is 1. The van der Waals surface area contributed by atoms with Crippen molar-refractivity contribution in [3.05, 3.63) is 35.5 Å². The molecule has 1 fully saturated rings. The Hall–Kier alpha value is -2.01. The van der Waals surface area contributed by atoms with E-state index in [0.717, 1.165) is 23.0 Å². The fourth-order valence-electron chi connectivity index (χ4n) is 2.52. The van der Waals surface area contributed by atoms with Gasteiger partial charge >= 0.3 is 6.09 Å². The lowest BCUT2D eigenvalue weighted by Gasteiger charge is -2.16. The summed E-state index contributed by atoms with van der Waals surface area (Å²) in [7, 11) is 0. The van der Waals surface area contributed by atoms with Gasteiger partial charge in [-0.1, -0.05) is 17.7 Å². The maximum atomic E-state index is 10.9. The molecule has 0 saturated carbocycles. The van der Waals surface area contributed by atoms with Crippen LogP contribution in [-0.4, -0.2) is 40.2 Å². The van der Waals surface area contributed by atoms with Gasteiger partial charge in [0.05, 0.1) is 10.5 Å². The number of aromatic nitrogens is 1. The maximum Gasteiger partial charge on any atom is 0.407 e. The highest BCUT2D eigenvalue weighted by Crippen LogP contribution is 2.26. The van der Waals surface area contributed by atoms with E-state index in [-0.39, 0.29) is 6.04 Å². The van der Waals surface area contributed by atoms with E-state index in [1.165, 1.54) is 4.90 Å². The Labute approximate surface area is 121 Å². The average molecular weight is 292 g/mol. The third-order valence-electron chi connectivity index (χ3n) is 3.51. The number of nitrogens with zero attached hydrogens (tertiary/aromatic N) is 2. The molecular weight excluding hydrogens is 278 g/mol. The highest BCUT2D eigenvalue weighted by atomic mass is 35.5. The van der Waals surface area contributed by atoms with Gasteiger partial charge in [-0.15, -0.1) is 0 Å². The topological polar surface area (TPSA) is 65.5 Å². The average Bonchev–Trinajstić information content (AvgIpc) is 2.88. The molecule has 1 aromatic heterocycles. The molecule has 1 atom stereocenters. The molecule has 0 aliphatic carbocycles. The van der Waals surface area contributed by atoms with Crippen molar-refractivity contribution in [2.24, 2.45) is 0 Å². The molecule has 5 nitrogen and oxygen atoms in total. The number of rotatable bonds is 2. The molecule has 2 aromatic rings. The molecule has 6 heteroatoms. The van der Waals surface area contributed by atoms with Crippen LogP contribution >= 0.6 is 11.6 Å². The fourth-order valence-corrected chi connectivity index (χ4v) is 2.68. The molecule has 1 aromatic carbocycles. The number of benzene rings is 1. The predicted octanol–water partition coefficient (Wildman–Crippen LogP) is 3.05. The molecule has 2 heterocycles. The summed E-state index contributed by atoms with van der Waals surface area (Å²) in [5, 5.41) is 13.9. The van der Waals surface area contributed by atoms with Crippen LogP contribution in [0.2, 0.25) is 5.02 Å². The summed E-state index contributed by atoms with van der Waals surface area (Å²) >= 11 is 6.00. The first-order chi connectivity index (χ1) is 9.63. The zero-order valence-electron chi connectivity index (χ0n) is 10.7. The minimum atomic E-state index is -0.864. The molecule has 2 N–H and O–H groups in total. The number of anilines is 1. The summed E-state index contributed by atoms with van der Waals surface area (Å²) in [5.41, 5.74) is 1.81. The Balaban J connectivity index is 1.85. The van der Waals surface area contributed by atoms with Crippen LogP contribution in [0.25, 0.3) is 10.9 Å². The zero-order chi connectivity index (χ0) is 14.1. The quantitative estimate of drug-likeness (QED) is 0.892. The van der Waals surface area contributed by atoms with Crippen molar-refractivity contribution in [1.29, 1.82) is 0 Å². The molecule has 104 valence electrons. The number of nitrogens with one attached hydrogen (secondary N) is 1. The summed E-state index contributed by atoms with van der Waals surface area (Å²) in [5.74, 6) is 0. The molecule has 3 rings (SSSR count).